The van der Waals surface area contributed by atoms with Crippen molar-refractivity contribution in [1.82, 2.24) is 0 Å². The van der Waals surface area contributed by atoms with E-state index in [4.69, 9.17) is 0 Å². The van der Waals surface area contributed by atoms with Crippen LogP contribution in [0.25, 0.3) is 0 Å². The van der Waals surface area contributed by atoms with Gasteiger partial charge in [-0.25, -0.2) is 0 Å². The van der Waals surface area contributed by atoms with Crippen molar-refractivity contribution in [3.63, 3.8) is 0 Å². The smallest absolute Gasteiger partial charge is 0.0292 e. The van der Waals surface area contributed by atoms with Gasteiger partial charge >= 0.3 is 0 Å². The van der Waals surface area contributed by atoms with Crippen LogP contribution in [0.3, 0.4) is 0 Å². The highest BCUT2D eigenvalue weighted by Gasteiger charge is 2.63. The van der Waals surface area contributed by atoms with Crippen molar-refractivity contribution < 1.29 is 0 Å². The Labute approximate surface area is 93.8 Å². The van der Waals surface area contributed by atoms with E-state index in [2.05, 4.69) is 20.8 Å². The molecule has 0 nitrogen and oxygen atoms in total. The third-order valence-electron chi connectivity index (χ3n) is 6.86. The van der Waals surface area contributed by atoms with Crippen LogP contribution >= 0.6 is 0 Å². The molecule has 0 aromatic rings. The molecule has 8 atom stereocenters. The number of fused-ring (bicyclic) bond motifs is 3. The highest BCUT2D eigenvalue weighted by Crippen LogP contribution is 2.71. The first-order valence-electron chi connectivity index (χ1n) is 7.10. The van der Waals surface area contributed by atoms with Crippen LogP contribution in [-0.4, -0.2) is 0 Å². The van der Waals surface area contributed by atoms with Gasteiger partial charge in [-0.05, 0) is 72.5 Å². The molecule has 0 heteroatoms. The van der Waals surface area contributed by atoms with Gasteiger partial charge in [0.05, 0.1) is 0 Å². The Morgan fingerprint density at radius 1 is 0.800 bits per heavy atom. The maximum Gasteiger partial charge on any atom is -0.0292 e. The molecular weight excluding hydrogens is 180 g/mol. The van der Waals surface area contributed by atoms with Crippen LogP contribution < -0.4 is 0 Å². The van der Waals surface area contributed by atoms with Crippen LogP contribution in [0.15, 0.2) is 0 Å². The fourth-order valence-electron chi connectivity index (χ4n) is 5.08. The molecule has 0 aliphatic heterocycles. The van der Waals surface area contributed by atoms with Gasteiger partial charge in [-0.3, -0.25) is 0 Å². The number of hydrogen-bond donors (Lipinski definition) is 0. The molecule has 4 fully saturated rings. The molecule has 84 valence electrons. The molecule has 0 aromatic carbocycles. The second-order valence-electron chi connectivity index (χ2n) is 7.60. The Morgan fingerprint density at radius 3 is 2.20 bits per heavy atom. The van der Waals surface area contributed by atoms with Gasteiger partial charge in [-0.2, -0.15) is 0 Å². The Kier molecular flexibility index (Phi) is 1.49. The predicted octanol–water partition coefficient (Wildman–Crippen LogP) is 3.96. The van der Waals surface area contributed by atoms with Gasteiger partial charge in [-0.1, -0.05) is 20.8 Å². The minimum atomic E-state index is 0.797. The van der Waals surface area contributed by atoms with Crippen LogP contribution in [-0.2, 0) is 0 Å². The molecule has 0 radical (unpaired) electrons. The second kappa shape index (κ2) is 2.46. The Morgan fingerprint density at radius 2 is 1.40 bits per heavy atom. The largest absolute Gasteiger partial charge is 0.0620 e. The summed E-state index contributed by atoms with van der Waals surface area (Å²) in [4.78, 5) is 0. The summed E-state index contributed by atoms with van der Waals surface area (Å²) < 4.78 is 0. The fraction of sp³-hybridized carbons (Fsp3) is 1.00. The van der Waals surface area contributed by atoms with Gasteiger partial charge in [0, 0.05) is 0 Å². The van der Waals surface area contributed by atoms with Crippen LogP contribution in [0.1, 0.15) is 46.5 Å². The molecule has 0 amide bonds. The van der Waals surface area contributed by atoms with E-state index in [9.17, 15) is 0 Å². The highest BCUT2D eigenvalue weighted by atomic mass is 14.7. The lowest BCUT2D eigenvalue weighted by Gasteiger charge is -2.10. The second-order valence-corrected chi connectivity index (χ2v) is 7.60. The normalized spacial score (nSPS) is 70.2. The van der Waals surface area contributed by atoms with Gasteiger partial charge in [0.2, 0.25) is 0 Å². The summed E-state index contributed by atoms with van der Waals surface area (Å²) in [5, 5.41) is 0. The van der Waals surface area contributed by atoms with E-state index in [-0.39, 0.29) is 0 Å². The zero-order valence-electron chi connectivity index (χ0n) is 10.4. The SMILES string of the molecule is CC1C2CC3C(C)C3CC3(C)CC3CC12. The summed E-state index contributed by atoms with van der Waals surface area (Å²) in [5.41, 5.74) is 0.797. The van der Waals surface area contributed by atoms with Crippen molar-refractivity contribution >= 4 is 0 Å². The summed E-state index contributed by atoms with van der Waals surface area (Å²) in [6.45, 7) is 7.60. The molecule has 0 bridgehead atoms. The minimum absolute atomic E-state index is 0.797. The molecule has 4 saturated carbocycles. The van der Waals surface area contributed by atoms with E-state index < -0.39 is 0 Å². The quantitative estimate of drug-likeness (QED) is 0.560. The standard InChI is InChI=1S/C15H24/c1-8-11-4-10-6-15(10,3)7-14-9(2)13(14)5-12(8)11/h8-14H,4-7H2,1-3H3. The summed E-state index contributed by atoms with van der Waals surface area (Å²) >= 11 is 0. The number of hydrogen-bond acceptors (Lipinski definition) is 0. The molecule has 0 N–H and O–H groups in total. The molecule has 4 rings (SSSR count). The lowest BCUT2D eigenvalue weighted by atomic mass is 9.95. The van der Waals surface area contributed by atoms with E-state index in [1.807, 2.05) is 0 Å². The summed E-state index contributed by atoms with van der Waals surface area (Å²) in [7, 11) is 0. The van der Waals surface area contributed by atoms with Crippen LogP contribution in [0, 0.1) is 46.8 Å². The molecule has 0 saturated heterocycles. The van der Waals surface area contributed by atoms with Crippen molar-refractivity contribution in [2.45, 2.75) is 46.5 Å². The third kappa shape index (κ3) is 1.14. The molecule has 15 heavy (non-hydrogen) atoms. The van der Waals surface area contributed by atoms with Crippen molar-refractivity contribution in [1.29, 1.82) is 0 Å². The molecule has 0 heterocycles. The minimum Gasteiger partial charge on any atom is -0.0620 e. The predicted molar refractivity (Wildman–Crippen MR) is 62.4 cm³/mol. The van der Waals surface area contributed by atoms with E-state index in [0.717, 1.165) is 46.8 Å². The summed E-state index contributed by atoms with van der Waals surface area (Å²) in [5.74, 6) is 7.84. The number of rotatable bonds is 0. The van der Waals surface area contributed by atoms with E-state index in [1.54, 1.807) is 25.7 Å². The molecule has 0 spiro atoms. The van der Waals surface area contributed by atoms with E-state index >= 15 is 0 Å². The average Bonchev–Trinajstić information content (AvgIpc) is 3.09. The fourth-order valence-corrected chi connectivity index (χ4v) is 5.08. The maximum atomic E-state index is 2.58. The van der Waals surface area contributed by atoms with Crippen LogP contribution in [0.5, 0.6) is 0 Å². The van der Waals surface area contributed by atoms with Crippen molar-refractivity contribution in [3.05, 3.63) is 0 Å². The maximum absolute atomic E-state index is 2.58. The van der Waals surface area contributed by atoms with E-state index in [1.165, 1.54) is 0 Å². The summed E-state index contributed by atoms with van der Waals surface area (Å²) in [6.07, 6.45) is 6.34. The van der Waals surface area contributed by atoms with Crippen molar-refractivity contribution in [2.75, 3.05) is 0 Å². The van der Waals surface area contributed by atoms with Crippen molar-refractivity contribution in [3.8, 4) is 0 Å². The Bertz CT molecular complexity index is 303. The van der Waals surface area contributed by atoms with Crippen LogP contribution in [0.4, 0.5) is 0 Å². The van der Waals surface area contributed by atoms with Gasteiger partial charge < -0.3 is 0 Å². The van der Waals surface area contributed by atoms with E-state index in [0.29, 0.717) is 0 Å². The lowest BCUT2D eigenvalue weighted by molar-refractivity contribution is 0.396. The van der Waals surface area contributed by atoms with Crippen molar-refractivity contribution in [2.24, 2.45) is 46.8 Å². The zero-order chi connectivity index (χ0) is 10.4. The molecule has 0 aromatic heterocycles. The third-order valence-corrected chi connectivity index (χ3v) is 6.86. The monoisotopic (exact) mass is 204 g/mol. The average molecular weight is 204 g/mol. The topological polar surface area (TPSA) is 0 Å². The van der Waals surface area contributed by atoms with Gasteiger partial charge in [0.1, 0.15) is 0 Å². The lowest BCUT2D eigenvalue weighted by Crippen LogP contribution is -2.01. The Balaban J connectivity index is 1.58. The van der Waals surface area contributed by atoms with Gasteiger partial charge in [0.25, 0.3) is 0 Å². The molecular formula is C15H24. The molecule has 4 aliphatic carbocycles. The Hall–Kier alpha value is 0. The molecule has 8 unspecified atom stereocenters. The first-order chi connectivity index (χ1) is 7.10. The zero-order valence-corrected chi connectivity index (χ0v) is 10.4. The van der Waals surface area contributed by atoms with Crippen LogP contribution in [0.2, 0.25) is 0 Å². The summed E-state index contributed by atoms with van der Waals surface area (Å²) in [6, 6.07) is 0. The highest BCUT2D eigenvalue weighted by molar-refractivity contribution is 5.12. The van der Waals surface area contributed by atoms with Gasteiger partial charge in [-0.15, -0.1) is 0 Å². The molecule has 4 aliphatic rings. The van der Waals surface area contributed by atoms with Gasteiger partial charge in [0.15, 0.2) is 0 Å². The first-order valence-corrected chi connectivity index (χ1v) is 7.10. The first kappa shape index (κ1) is 9.07.